The van der Waals surface area contributed by atoms with E-state index in [0.29, 0.717) is 6.54 Å². The van der Waals surface area contributed by atoms with Crippen molar-refractivity contribution in [3.8, 4) is 6.07 Å². The van der Waals surface area contributed by atoms with Crippen LogP contribution in [0.3, 0.4) is 0 Å². The molecular formula is C14H25N3O2. The van der Waals surface area contributed by atoms with E-state index in [4.69, 9.17) is 5.26 Å². The van der Waals surface area contributed by atoms with Gasteiger partial charge in [0.2, 0.25) is 5.91 Å². The highest BCUT2D eigenvalue weighted by molar-refractivity contribution is 5.79. The molecule has 5 heteroatoms. The molecule has 0 aromatic rings. The van der Waals surface area contributed by atoms with Crippen molar-refractivity contribution in [2.45, 2.75) is 45.8 Å². The molecular weight excluding hydrogens is 242 g/mol. The number of nitriles is 1. The Kier molecular flexibility index (Phi) is 5.33. The van der Waals surface area contributed by atoms with Gasteiger partial charge in [-0.15, -0.1) is 0 Å². The number of aliphatic hydroxyl groups is 1. The minimum Gasteiger partial charge on any atom is -0.393 e. The number of nitrogens with one attached hydrogen (secondary N) is 1. The number of nitrogens with zero attached hydrogens (tertiary/aromatic N) is 2. The van der Waals surface area contributed by atoms with Crippen LogP contribution in [-0.4, -0.2) is 47.2 Å². The topological polar surface area (TPSA) is 76.4 Å². The molecule has 2 N–H and O–H groups in total. The predicted octanol–water partition coefficient (Wildman–Crippen LogP) is 0.744. The van der Waals surface area contributed by atoms with Gasteiger partial charge in [0, 0.05) is 6.54 Å². The van der Waals surface area contributed by atoms with Crippen molar-refractivity contribution in [3.63, 3.8) is 0 Å². The molecule has 1 heterocycles. The number of hydrogen-bond donors (Lipinski definition) is 2. The number of likely N-dealkylation sites (tertiary alicyclic amines) is 1. The zero-order chi connectivity index (χ0) is 14.6. The number of amides is 1. The van der Waals surface area contributed by atoms with E-state index < -0.39 is 5.54 Å². The molecule has 0 aliphatic carbocycles. The Morgan fingerprint density at radius 1 is 1.58 bits per heavy atom. The van der Waals surface area contributed by atoms with Crippen molar-refractivity contribution in [1.29, 1.82) is 5.26 Å². The second-order valence-electron chi connectivity index (χ2n) is 6.04. The molecule has 1 rings (SSSR count). The fourth-order valence-corrected chi connectivity index (χ4v) is 2.23. The lowest BCUT2D eigenvalue weighted by atomic mass is 9.90. The molecule has 1 aliphatic heterocycles. The quantitative estimate of drug-likeness (QED) is 0.770. The first-order valence-corrected chi connectivity index (χ1v) is 6.91. The highest BCUT2D eigenvalue weighted by Crippen LogP contribution is 2.20. The van der Waals surface area contributed by atoms with Crippen LogP contribution >= 0.6 is 0 Å². The molecule has 0 aromatic heterocycles. The van der Waals surface area contributed by atoms with E-state index in [9.17, 15) is 9.90 Å². The SMILES string of the molecule is CC(O)C1CCN(CC(=O)NC(C)(C#N)C(C)C)C1. The third kappa shape index (κ3) is 4.19. The van der Waals surface area contributed by atoms with Gasteiger partial charge in [-0.2, -0.15) is 5.26 Å². The molecule has 3 atom stereocenters. The molecule has 0 radical (unpaired) electrons. The Bertz CT molecular complexity index is 362. The maximum absolute atomic E-state index is 12.0. The van der Waals surface area contributed by atoms with Crippen LogP contribution in [0.2, 0.25) is 0 Å². The van der Waals surface area contributed by atoms with Gasteiger partial charge in [-0.05, 0) is 38.6 Å². The van der Waals surface area contributed by atoms with Gasteiger partial charge in [-0.3, -0.25) is 9.69 Å². The monoisotopic (exact) mass is 267 g/mol. The van der Waals surface area contributed by atoms with E-state index >= 15 is 0 Å². The molecule has 3 unspecified atom stereocenters. The molecule has 1 saturated heterocycles. The van der Waals surface area contributed by atoms with Crippen LogP contribution < -0.4 is 5.32 Å². The minimum absolute atomic E-state index is 0.0604. The molecule has 0 bridgehead atoms. The Hall–Kier alpha value is -1.12. The first-order chi connectivity index (χ1) is 8.78. The van der Waals surface area contributed by atoms with Crippen molar-refractivity contribution in [2.75, 3.05) is 19.6 Å². The largest absolute Gasteiger partial charge is 0.393 e. The number of aliphatic hydroxyl groups excluding tert-OH is 1. The second-order valence-corrected chi connectivity index (χ2v) is 6.04. The van der Waals surface area contributed by atoms with E-state index in [2.05, 4.69) is 11.4 Å². The van der Waals surface area contributed by atoms with E-state index in [0.717, 1.165) is 19.5 Å². The molecule has 1 aliphatic rings. The summed E-state index contributed by atoms with van der Waals surface area (Å²) in [4.78, 5) is 14.0. The van der Waals surface area contributed by atoms with Crippen LogP contribution in [0.1, 0.15) is 34.1 Å². The maximum atomic E-state index is 12.0. The number of rotatable bonds is 5. The molecule has 108 valence electrons. The Labute approximate surface area is 115 Å². The summed E-state index contributed by atoms with van der Waals surface area (Å²) >= 11 is 0. The van der Waals surface area contributed by atoms with E-state index in [1.54, 1.807) is 13.8 Å². The number of hydrogen-bond acceptors (Lipinski definition) is 4. The second kappa shape index (κ2) is 6.36. The smallest absolute Gasteiger partial charge is 0.235 e. The van der Waals surface area contributed by atoms with Crippen LogP contribution in [0.4, 0.5) is 0 Å². The first kappa shape index (κ1) is 15.9. The standard InChI is InChI=1S/C14H25N3O2/c1-10(2)14(4,9-15)16-13(19)8-17-6-5-12(7-17)11(3)18/h10-12,18H,5-8H2,1-4H3,(H,16,19). The van der Waals surface area contributed by atoms with Crippen molar-refractivity contribution < 1.29 is 9.90 Å². The molecule has 1 fully saturated rings. The van der Waals surface area contributed by atoms with Crippen molar-refractivity contribution in [1.82, 2.24) is 10.2 Å². The summed E-state index contributed by atoms with van der Waals surface area (Å²) in [5.74, 6) is 0.189. The van der Waals surface area contributed by atoms with Gasteiger partial charge in [-0.25, -0.2) is 0 Å². The minimum atomic E-state index is -0.819. The fraction of sp³-hybridized carbons (Fsp3) is 0.857. The van der Waals surface area contributed by atoms with E-state index in [1.807, 2.05) is 18.7 Å². The molecule has 19 heavy (non-hydrogen) atoms. The summed E-state index contributed by atoms with van der Waals surface area (Å²) in [6, 6.07) is 2.17. The zero-order valence-electron chi connectivity index (χ0n) is 12.3. The first-order valence-electron chi connectivity index (χ1n) is 6.91. The summed E-state index contributed by atoms with van der Waals surface area (Å²) in [5.41, 5.74) is -0.819. The average Bonchev–Trinajstić information content (AvgIpc) is 2.76. The fourth-order valence-electron chi connectivity index (χ4n) is 2.23. The van der Waals surface area contributed by atoms with Crippen molar-refractivity contribution in [3.05, 3.63) is 0 Å². The molecule has 0 saturated carbocycles. The summed E-state index contributed by atoms with van der Waals surface area (Å²) < 4.78 is 0. The van der Waals surface area contributed by atoms with Gasteiger partial charge >= 0.3 is 0 Å². The highest BCUT2D eigenvalue weighted by Gasteiger charge is 2.32. The van der Waals surface area contributed by atoms with Crippen molar-refractivity contribution in [2.24, 2.45) is 11.8 Å². The summed E-state index contributed by atoms with van der Waals surface area (Å²) in [6.45, 7) is 9.25. The molecule has 0 spiro atoms. The van der Waals surface area contributed by atoms with Gasteiger partial charge in [-0.1, -0.05) is 13.8 Å². The molecule has 0 aromatic carbocycles. The van der Waals surface area contributed by atoms with Crippen LogP contribution in [0.5, 0.6) is 0 Å². The molecule has 1 amide bonds. The van der Waals surface area contributed by atoms with E-state index in [-0.39, 0.29) is 23.8 Å². The van der Waals surface area contributed by atoms with Gasteiger partial charge in [0.25, 0.3) is 0 Å². The zero-order valence-corrected chi connectivity index (χ0v) is 12.3. The maximum Gasteiger partial charge on any atom is 0.235 e. The number of carbonyl (C=O) groups excluding carboxylic acids is 1. The van der Waals surface area contributed by atoms with Crippen LogP contribution in [0.15, 0.2) is 0 Å². The number of carbonyl (C=O) groups is 1. The average molecular weight is 267 g/mol. The summed E-state index contributed by atoms with van der Waals surface area (Å²) in [7, 11) is 0. The molecule has 5 nitrogen and oxygen atoms in total. The highest BCUT2D eigenvalue weighted by atomic mass is 16.3. The summed E-state index contributed by atoms with van der Waals surface area (Å²) in [6.07, 6.45) is 0.595. The Balaban J connectivity index is 2.47. The van der Waals surface area contributed by atoms with Gasteiger partial charge < -0.3 is 10.4 Å². The lowest BCUT2D eigenvalue weighted by Gasteiger charge is -2.28. The van der Waals surface area contributed by atoms with Crippen LogP contribution in [-0.2, 0) is 4.79 Å². The van der Waals surface area contributed by atoms with Crippen molar-refractivity contribution >= 4 is 5.91 Å². The van der Waals surface area contributed by atoms with Gasteiger partial charge in [0.1, 0.15) is 5.54 Å². The normalized spacial score (nSPS) is 24.8. The van der Waals surface area contributed by atoms with Gasteiger partial charge in [0.15, 0.2) is 0 Å². The lowest BCUT2D eigenvalue weighted by Crippen LogP contribution is -2.51. The Morgan fingerprint density at radius 3 is 2.63 bits per heavy atom. The van der Waals surface area contributed by atoms with Crippen LogP contribution in [0, 0.1) is 23.2 Å². The predicted molar refractivity (Wildman–Crippen MR) is 73.2 cm³/mol. The van der Waals surface area contributed by atoms with E-state index in [1.165, 1.54) is 0 Å². The third-order valence-corrected chi connectivity index (χ3v) is 4.14. The lowest BCUT2D eigenvalue weighted by molar-refractivity contribution is -0.123. The van der Waals surface area contributed by atoms with Gasteiger partial charge in [0.05, 0.1) is 18.7 Å². The Morgan fingerprint density at radius 2 is 2.21 bits per heavy atom. The third-order valence-electron chi connectivity index (χ3n) is 4.14. The van der Waals surface area contributed by atoms with Crippen LogP contribution in [0.25, 0.3) is 0 Å². The summed E-state index contributed by atoms with van der Waals surface area (Å²) in [5, 5.41) is 21.5.